The Labute approximate surface area is 179 Å². The minimum Gasteiger partial charge on any atom is -0.480 e. The Kier molecular flexibility index (Phi) is 6.49. The van der Waals surface area contributed by atoms with Gasteiger partial charge in [0.25, 0.3) is 0 Å². The molecular formula is C23H23N3O5. The van der Waals surface area contributed by atoms with Crippen LogP contribution in [-0.2, 0) is 9.59 Å². The molecule has 2 aromatic rings. The van der Waals surface area contributed by atoms with Crippen LogP contribution in [0.25, 0.3) is 6.08 Å². The highest BCUT2D eigenvalue weighted by molar-refractivity contribution is 5.99. The van der Waals surface area contributed by atoms with Gasteiger partial charge in [0.1, 0.15) is 18.1 Å². The number of ether oxygens (including phenoxy) is 1. The second-order valence-electron chi connectivity index (χ2n) is 7.33. The number of nitrogens with one attached hydrogen (secondary N) is 1. The number of carboxylic acids is 1. The molecule has 0 atom stereocenters. The molecule has 1 saturated carbocycles. The van der Waals surface area contributed by atoms with Crippen molar-refractivity contribution >= 4 is 29.8 Å². The molecule has 1 fully saturated rings. The molecule has 8 heteroatoms. The van der Waals surface area contributed by atoms with E-state index in [-0.39, 0.29) is 24.3 Å². The van der Waals surface area contributed by atoms with Crippen LogP contribution >= 0.6 is 0 Å². The summed E-state index contributed by atoms with van der Waals surface area (Å²) in [4.78, 5) is 37.4. The normalized spacial score (nSPS) is 13.4. The minimum absolute atomic E-state index is 0.00592. The number of amidine groups is 1. The van der Waals surface area contributed by atoms with E-state index in [0.717, 1.165) is 12.8 Å². The number of nitrogens with two attached hydrogens (primary N) is 1. The summed E-state index contributed by atoms with van der Waals surface area (Å²) < 4.78 is 5.31. The number of amides is 1. The number of hydrogen-bond donors (Lipinski definition) is 3. The van der Waals surface area contributed by atoms with Crippen molar-refractivity contribution in [2.24, 2.45) is 5.73 Å². The summed E-state index contributed by atoms with van der Waals surface area (Å²) in [5.41, 5.74) is 7.40. The molecular weight excluding hydrogens is 398 g/mol. The smallest absolute Gasteiger partial charge is 0.343 e. The summed E-state index contributed by atoms with van der Waals surface area (Å²) >= 11 is 0. The third-order valence-corrected chi connectivity index (χ3v) is 4.80. The maximum atomic E-state index is 12.6. The van der Waals surface area contributed by atoms with Gasteiger partial charge in [-0.05, 0) is 67.8 Å². The highest BCUT2D eigenvalue weighted by Crippen LogP contribution is 2.28. The maximum absolute atomic E-state index is 12.6. The van der Waals surface area contributed by atoms with Gasteiger partial charge in [-0.15, -0.1) is 0 Å². The second-order valence-corrected chi connectivity index (χ2v) is 7.33. The number of carbonyl (C=O) groups is 3. The van der Waals surface area contributed by atoms with Gasteiger partial charge < -0.3 is 20.5 Å². The number of aliphatic carboxylic acids is 1. The van der Waals surface area contributed by atoms with Crippen LogP contribution in [0.1, 0.15) is 41.3 Å². The van der Waals surface area contributed by atoms with Crippen molar-refractivity contribution in [2.75, 3.05) is 6.54 Å². The maximum Gasteiger partial charge on any atom is 0.343 e. The number of benzene rings is 2. The first-order valence-electron chi connectivity index (χ1n) is 9.72. The molecule has 0 saturated heterocycles. The molecule has 0 unspecified atom stereocenters. The molecule has 1 aliphatic rings. The van der Waals surface area contributed by atoms with E-state index in [0.29, 0.717) is 28.0 Å². The van der Waals surface area contributed by atoms with Crippen molar-refractivity contribution in [3.8, 4) is 5.75 Å². The SMILES string of the molecule is C/C(=C\c1ccc(C(=O)Oc2ccc(C(=N)N)cc2)cc1)C(=O)N(CC(=O)O)C1CC1. The summed E-state index contributed by atoms with van der Waals surface area (Å²) in [5.74, 6) is -1.62. The lowest BCUT2D eigenvalue weighted by atomic mass is 10.1. The first-order chi connectivity index (χ1) is 14.7. The fraction of sp³-hybridized carbons (Fsp3) is 0.217. The molecule has 31 heavy (non-hydrogen) atoms. The number of carboxylic acid groups (broad SMARTS) is 1. The fourth-order valence-electron chi connectivity index (χ4n) is 3.02. The molecule has 4 N–H and O–H groups in total. The zero-order valence-corrected chi connectivity index (χ0v) is 17.0. The van der Waals surface area contributed by atoms with E-state index in [1.807, 2.05) is 0 Å². The summed E-state index contributed by atoms with van der Waals surface area (Å²) in [6.07, 6.45) is 3.30. The van der Waals surface area contributed by atoms with Crippen LogP contribution in [0.2, 0.25) is 0 Å². The highest BCUT2D eigenvalue weighted by atomic mass is 16.5. The number of nitrogen functional groups attached to an aromatic ring is 1. The Morgan fingerprint density at radius 3 is 2.19 bits per heavy atom. The first-order valence-corrected chi connectivity index (χ1v) is 9.72. The van der Waals surface area contributed by atoms with Gasteiger partial charge in [0.15, 0.2) is 0 Å². The second kappa shape index (κ2) is 9.25. The highest BCUT2D eigenvalue weighted by Gasteiger charge is 2.34. The lowest BCUT2D eigenvalue weighted by Crippen LogP contribution is -2.37. The molecule has 0 spiro atoms. The van der Waals surface area contributed by atoms with Gasteiger partial charge >= 0.3 is 11.9 Å². The number of rotatable bonds is 8. The van der Waals surface area contributed by atoms with Gasteiger partial charge in [-0.1, -0.05) is 12.1 Å². The van der Waals surface area contributed by atoms with E-state index in [4.69, 9.17) is 21.0 Å². The summed E-state index contributed by atoms with van der Waals surface area (Å²) in [7, 11) is 0. The van der Waals surface area contributed by atoms with Crippen molar-refractivity contribution in [2.45, 2.75) is 25.8 Å². The van der Waals surface area contributed by atoms with Gasteiger partial charge in [0.2, 0.25) is 5.91 Å². The summed E-state index contributed by atoms with van der Waals surface area (Å²) in [6.45, 7) is 1.33. The Hall–Kier alpha value is -3.94. The van der Waals surface area contributed by atoms with Crippen molar-refractivity contribution in [1.82, 2.24) is 4.90 Å². The van der Waals surface area contributed by atoms with Gasteiger partial charge in [-0.2, -0.15) is 0 Å². The summed E-state index contributed by atoms with van der Waals surface area (Å²) in [5, 5.41) is 16.4. The Balaban J connectivity index is 1.65. The zero-order chi connectivity index (χ0) is 22.5. The standard InChI is InChI=1S/C23H23N3O5/c1-14(22(29)26(13-20(27)28)18-8-9-18)12-15-2-4-17(5-3-15)23(30)31-19-10-6-16(7-11-19)21(24)25/h2-7,10-12,18H,8-9,13H2,1H3,(H3,24,25)(H,27,28)/b14-12+. The lowest BCUT2D eigenvalue weighted by Gasteiger charge is -2.20. The largest absolute Gasteiger partial charge is 0.480 e. The average Bonchev–Trinajstić information content (AvgIpc) is 3.57. The number of carbonyl (C=O) groups excluding carboxylic acids is 2. The van der Waals surface area contributed by atoms with Crippen molar-refractivity contribution in [3.05, 3.63) is 70.8 Å². The van der Waals surface area contributed by atoms with Crippen LogP contribution in [0.4, 0.5) is 0 Å². The zero-order valence-electron chi connectivity index (χ0n) is 17.0. The predicted octanol–water partition coefficient (Wildman–Crippen LogP) is 2.67. The molecule has 0 heterocycles. The van der Waals surface area contributed by atoms with Crippen LogP contribution in [0.3, 0.4) is 0 Å². The van der Waals surface area contributed by atoms with E-state index in [9.17, 15) is 14.4 Å². The molecule has 0 aromatic heterocycles. The van der Waals surface area contributed by atoms with Crippen molar-refractivity contribution in [1.29, 1.82) is 5.41 Å². The third-order valence-electron chi connectivity index (χ3n) is 4.80. The Bertz CT molecular complexity index is 1040. The average molecular weight is 421 g/mol. The molecule has 1 amide bonds. The van der Waals surface area contributed by atoms with Crippen LogP contribution in [0.15, 0.2) is 54.1 Å². The minimum atomic E-state index is -1.04. The van der Waals surface area contributed by atoms with Gasteiger partial charge in [-0.25, -0.2) is 4.79 Å². The van der Waals surface area contributed by atoms with Crippen molar-refractivity contribution < 1.29 is 24.2 Å². The van der Waals surface area contributed by atoms with Crippen LogP contribution in [0.5, 0.6) is 5.75 Å². The summed E-state index contributed by atoms with van der Waals surface area (Å²) in [6, 6.07) is 12.8. The van der Waals surface area contributed by atoms with Crippen molar-refractivity contribution in [3.63, 3.8) is 0 Å². The van der Waals surface area contributed by atoms with Gasteiger partial charge in [0.05, 0.1) is 5.56 Å². The van der Waals surface area contributed by atoms with E-state index < -0.39 is 11.9 Å². The quantitative estimate of drug-likeness (QED) is 0.197. The molecule has 3 rings (SSSR count). The molecule has 0 bridgehead atoms. The monoisotopic (exact) mass is 421 g/mol. The molecule has 1 aliphatic carbocycles. The number of esters is 1. The van der Waals surface area contributed by atoms with E-state index in [2.05, 4.69) is 0 Å². The molecule has 0 aliphatic heterocycles. The molecule has 8 nitrogen and oxygen atoms in total. The Morgan fingerprint density at radius 2 is 1.68 bits per heavy atom. The third kappa shape index (κ3) is 5.79. The van der Waals surface area contributed by atoms with E-state index >= 15 is 0 Å². The van der Waals surface area contributed by atoms with Gasteiger partial charge in [-0.3, -0.25) is 15.0 Å². The van der Waals surface area contributed by atoms with Crippen LogP contribution in [-0.4, -0.2) is 46.3 Å². The number of nitrogens with zero attached hydrogens (tertiary/aromatic N) is 1. The molecule has 2 aromatic carbocycles. The Morgan fingerprint density at radius 1 is 1.10 bits per heavy atom. The van der Waals surface area contributed by atoms with Crippen LogP contribution in [0, 0.1) is 5.41 Å². The topological polar surface area (TPSA) is 134 Å². The van der Waals surface area contributed by atoms with Gasteiger partial charge in [0, 0.05) is 17.2 Å². The lowest BCUT2D eigenvalue weighted by molar-refractivity contribution is -0.143. The number of hydrogen-bond acceptors (Lipinski definition) is 5. The first kappa shape index (κ1) is 21.8. The van der Waals surface area contributed by atoms with E-state index in [1.165, 1.54) is 4.90 Å². The van der Waals surface area contributed by atoms with Crippen LogP contribution < -0.4 is 10.5 Å². The molecule has 160 valence electrons. The van der Waals surface area contributed by atoms with E-state index in [1.54, 1.807) is 61.5 Å². The predicted molar refractivity (Wildman–Crippen MR) is 115 cm³/mol. The fourth-order valence-corrected chi connectivity index (χ4v) is 3.02. The molecule has 0 radical (unpaired) electrons.